The van der Waals surface area contributed by atoms with Crippen LogP contribution in [0.25, 0.3) is 0 Å². The summed E-state index contributed by atoms with van der Waals surface area (Å²) in [5.41, 5.74) is -0.133. The molecule has 11 heavy (non-hydrogen) atoms. The maximum absolute atomic E-state index is 12.5. The van der Waals surface area contributed by atoms with Gasteiger partial charge in [-0.25, -0.2) is 4.39 Å². The zero-order valence-corrected chi connectivity index (χ0v) is 6.09. The molecule has 0 radical (unpaired) electrons. The van der Waals surface area contributed by atoms with Crippen molar-refractivity contribution >= 4 is 24.2 Å². The highest BCUT2D eigenvalue weighted by atomic mass is 35.5. The highest BCUT2D eigenvalue weighted by molar-refractivity contribution is 6.62. The lowest BCUT2D eigenvalue weighted by molar-refractivity contribution is 0.425. The van der Waals surface area contributed by atoms with Crippen molar-refractivity contribution in [2.24, 2.45) is 0 Å². The maximum Gasteiger partial charge on any atom is 0.491 e. The first-order valence-electron chi connectivity index (χ1n) is 2.78. The van der Waals surface area contributed by atoms with Gasteiger partial charge in [0.25, 0.3) is 0 Å². The fraction of sp³-hybridized carbons (Fsp3) is 0. The Morgan fingerprint density at radius 1 is 1.45 bits per heavy atom. The summed E-state index contributed by atoms with van der Waals surface area (Å²) in [6.07, 6.45) is 1.99. The van der Waals surface area contributed by atoms with Crippen LogP contribution in [0.15, 0.2) is 12.4 Å². The Morgan fingerprint density at radius 3 is 2.55 bits per heavy atom. The van der Waals surface area contributed by atoms with Crippen LogP contribution in [0.2, 0.25) is 5.02 Å². The summed E-state index contributed by atoms with van der Waals surface area (Å²) in [5.74, 6) is -0.766. The molecule has 0 atom stereocenters. The summed E-state index contributed by atoms with van der Waals surface area (Å²) in [7, 11) is -1.79. The van der Waals surface area contributed by atoms with Gasteiger partial charge in [0.15, 0.2) is 5.82 Å². The van der Waals surface area contributed by atoms with Gasteiger partial charge in [-0.2, -0.15) is 0 Å². The molecule has 0 spiro atoms. The van der Waals surface area contributed by atoms with Crippen LogP contribution < -0.4 is 5.46 Å². The molecule has 3 nitrogen and oxygen atoms in total. The van der Waals surface area contributed by atoms with Gasteiger partial charge in [-0.15, -0.1) is 0 Å². The highest BCUT2D eigenvalue weighted by Crippen LogP contribution is 2.08. The van der Waals surface area contributed by atoms with Crippen molar-refractivity contribution < 1.29 is 14.4 Å². The first-order valence-corrected chi connectivity index (χ1v) is 3.15. The number of aromatic nitrogens is 1. The lowest BCUT2D eigenvalue weighted by atomic mass is 9.81. The van der Waals surface area contributed by atoms with Crippen LogP contribution in [0, 0.1) is 5.82 Å². The zero-order chi connectivity index (χ0) is 8.43. The molecule has 1 rings (SSSR count). The molecular formula is C5H4BClFNO2. The number of hydrogen-bond acceptors (Lipinski definition) is 3. The molecule has 0 aliphatic heterocycles. The molecule has 1 heterocycles. The van der Waals surface area contributed by atoms with Gasteiger partial charge < -0.3 is 10.0 Å². The van der Waals surface area contributed by atoms with E-state index in [1.54, 1.807) is 0 Å². The number of pyridine rings is 1. The molecule has 1 aromatic rings. The lowest BCUT2D eigenvalue weighted by Crippen LogP contribution is -2.31. The predicted molar refractivity (Wildman–Crippen MR) is 39.0 cm³/mol. The van der Waals surface area contributed by atoms with Crippen LogP contribution in [0.4, 0.5) is 4.39 Å². The van der Waals surface area contributed by atoms with Crippen LogP contribution >= 0.6 is 11.6 Å². The van der Waals surface area contributed by atoms with Crippen molar-refractivity contribution in [2.45, 2.75) is 0 Å². The molecule has 58 valence electrons. The van der Waals surface area contributed by atoms with Crippen LogP contribution in [-0.2, 0) is 0 Å². The first-order chi connectivity index (χ1) is 5.13. The number of nitrogens with zero attached hydrogens (tertiary/aromatic N) is 1. The van der Waals surface area contributed by atoms with Crippen molar-refractivity contribution in [1.29, 1.82) is 0 Å². The van der Waals surface area contributed by atoms with Crippen LogP contribution in [-0.4, -0.2) is 22.2 Å². The van der Waals surface area contributed by atoms with Gasteiger partial charge in [-0.3, -0.25) is 4.98 Å². The third kappa shape index (κ3) is 1.68. The van der Waals surface area contributed by atoms with Gasteiger partial charge in [0, 0.05) is 11.7 Å². The fourth-order valence-electron chi connectivity index (χ4n) is 0.614. The Labute approximate surface area is 67.6 Å². The van der Waals surface area contributed by atoms with E-state index >= 15 is 0 Å². The SMILES string of the molecule is OB(O)c1cncc(F)c1Cl. The molecule has 0 bridgehead atoms. The molecule has 0 aromatic carbocycles. The summed E-state index contributed by atoms with van der Waals surface area (Å²) >= 11 is 5.35. The van der Waals surface area contributed by atoms with E-state index in [9.17, 15) is 4.39 Å². The Bertz CT molecular complexity index is 271. The molecule has 0 fully saturated rings. The van der Waals surface area contributed by atoms with Gasteiger partial charge >= 0.3 is 7.12 Å². The Kier molecular flexibility index (Phi) is 2.43. The minimum Gasteiger partial charge on any atom is -0.423 e. The molecule has 2 N–H and O–H groups in total. The van der Waals surface area contributed by atoms with Crippen LogP contribution in [0.1, 0.15) is 0 Å². The third-order valence-corrected chi connectivity index (χ3v) is 1.54. The van der Waals surface area contributed by atoms with Crippen molar-refractivity contribution in [1.82, 2.24) is 4.98 Å². The van der Waals surface area contributed by atoms with Crippen molar-refractivity contribution in [3.05, 3.63) is 23.2 Å². The first kappa shape index (κ1) is 8.45. The minimum absolute atomic E-state index is 0.133. The highest BCUT2D eigenvalue weighted by Gasteiger charge is 2.17. The zero-order valence-electron chi connectivity index (χ0n) is 5.33. The topological polar surface area (TPSA) is 53.4 Å². The second-order valence-corrected chi connectivity index (χ2v) is 2.28. The van der Waals surface area contributed by atoms with E-state index in [2.05, 4.69) is 4.98 Å². The van der Waals surface area contributed by atoms with E-state index in [-0.39, 0.29) is 10.5 Å². The van der Waals surface area contributed by atoms with Crippen LogP contribution in [0.5, 0.6) is 0 Å². The van der Waals surface area contributed by atoms with E-state index in [4.69, 9.17) is 21.6 Å². The van der Waals surface area contributed by atoms with Gasteiger partial charge in [-0.05, 0) is 0 Å². The summed E-state index contributed by atoms with van der Waals surface area (Å²) in [6, 6.07) is 0. The molecule has 0 saturated carbocycles. The quantitative estimate of drug-likeness (QED) is 0.569. The van der Waals surface area contributed by atoms with Gasteiger partial charge in [0.1, 0.15) is 0 Å². The second-order valence-electron chi connectivity index (χ2n) is 1.90. The molecule has 1 aromatic heterocycles. The van der Waals surface area contributed by atoms with Gasteiger partial charge in [-0.1, -0.05) is 11.6 Å². The predicted octanol–water partition coefficient (Wildman–Crippen LogP) is -0.446. The lowest BCUT2D eigenvalue weighted by Gasteiger charge is -2.00. The molecule has 6 heteroatoms. The smallest absolute Gasteiger partial charge is 0.423 e. The van der Waals surface area contributed by atoms with E-state index in [0.717, 1.165) is 12.4 Å². The normalized spacial score (nSPS) is 9.82. The summed E-state index contributed by atoms with van der Waals surface area (Å²) in [4.78, 5) is 3.39. The van der Waals surface area contributed by atoms with E-state index < -0.39 is 12.9 Å². The summed E-state index contributed by atoms with van der Waals surface area (Å²) in [5, 5.41) is 16.9. The largest absolute Gasteiger partial charge is 0.491 e. The van der Waals surface area contributed by atoms with Gasteiger partial charge in [0.05, 0.1) is 11.2 Å². The average Bonchev–Trinajstić information content (AvgIpc) is 1.94. The standard InChI is InChI=1S/C5H4BClFNO2/c7-5-3(6(10)11)1-9-2-4(5)8/h1-2,10-11H. The van der Waals surface area contributed by atoms with E-state index in [1.807, 2.05) is 0 Å². The maximum atomic E-state index is 12.5. The third-order valence-electron chi connectivity index (χ3n) is 1.14. The Balaban J connectivity index is 3.17. The van der Waals surface area contributed by atoms with E-state index in [0.29, 0.717) is 0 Å². The summed E-state index contributed by atoms with van der Waals surface area (Å²) < 4.78 is 12.5. The van der Waals surface area contributed by atoms with Crippen molar-refractivity contribution in [2.75, 3.05) is 0 Å². The number of halogens is 2. The Morgan fingerprint density at radius 2 is 2.09 bits per heavy atom. The second kappa shape index (κ2) is 3.17. The summed E-state index contributed by atoms with van der Waals surface area (Å²) in [6.45, 7) is 0. The minimum atomic E-state index is -1.79. The fourth-order valence-corrected chi connectivity index (χ4v) is 0.809. The van der Waals surface area contributed by atoms with E-state index in [1.165, 1.54) is 0 Å². The van der Waals surface area contributed by atoms with Crippen molar-refractivity contribution in [3.8, 4) is 0 Å². The monoisotopic (exact) mass is 175 g/mol. The average molecular weight is 175 g/mol. The molecular weight excluding hydrogens is 171 g/mol. The number of rotatable bonds is 1. The van der Waals surface area contributed by atoms with Crippen LogP contribution in [0.3, 0.4) is 0 Å². The number of hydrogen-bond donors (Lipinski definition) is 2. The Hall–Kier alpha value is -0.645. The molecule has 0 aliphatic carbocycles. The van der Waals surface area contributed by atoms with Gasteiger partial charge in [0.2, 0.25) is 0 Å². The molecule has 0 aliphatic rings. The molecule has 0 amide bonds. The molecule has 0 saturated heterocycles. The molecule has 0 unspecified atom stereocenters. The van der Waals surface area contributed by atoms with Crippen molar-refractivity contribution in [3.63, 3.8) is 0 Å².